The molecule has 0 aliphatic carbocycles. The number of unbranched alkanes of at least 4 members (excludes halogenated alkanes) is 11. The number of rotatable bonds is 34. The van der Waals surface area contributed by atoms with Crippen molar-refractivity contribution in [3.05, 3.63) is 71.8 Å². The highest BCUT2D eigenvalue weighted by Gasteiger charge is 2.34. The molecule has 0 bridgehead atoms. The summed E-state index contributed by atoms with van der Waals surface area (Å²) in [5.74, 6) is -6.47. The fourth-order valence-corrected chi connectivity index (χ4v) is 7.38. The lowest BCUT2D eigenvalue weighted by molar-refractivity contribution is -0.181. The Labute approximate surface area is 388 Å². The van der Waals surface area contributed by atoms with Crippen LogP contribution in [0.2, 0.25) is 0 Å². The summed E-state index contributed by atoms with van der Waals surface area (Å²) in [6.45, 7) is 5.13. The molecular formula is C48H73N7O11. The van der Waals surface area contributed by atoms with Crippen molar-refractivity contribution in [2.24, 2.45) is 17.4 Å². The van der Waals surface area contributed by atoms with Crippen LogP contribution in [-0.4, -0.2) is 104 Å². The van der Waals surface area contributed by atoms with Crippen molar-refractivity contribution in [2.45, 2.75) is 173 Å². The number of primary amides is 2. The molecule has 2 aromatic carbocycles. The first kappa shape index (κ1) is 56.2. The van der Waals surface area contributed by atoms with Gasteiger partial charge in [-0.2, -0.15) is 0 Å². The van der Waals surface area contributed by atoms with E-state index in [0.717, 1.165) is 63.4 Å². The molecule has 0 saturated carbocycles. The fraction of sp³-hybridized carbons (Fsp3) is 0.583. The number of hydrogen-bond donors (Lipinski definition) is 9. The molecule has 7 amide bonds. The van der Waals surface area contributed by atoms with Crippen LogP contribution >= 0.6 is 0 Å². The summed E-state index contributed by atoms with van der Waals surface area (Å²) in [5.41, 5.74) is 12.3. The first-order chi connectivity index (χ1) is 31.4. The van der Waals surface area contributed by atoms with E-state index in [2.05, 4.69) is 21.3 Å². The fourth-order valence-electron chi connectivity index (χ4n) is 7.38. The second-order valence-electron chi connectivity index (χ2n) is 17.4. The standard InChI is InChI=1S/C48H73N7O11/c1-32(2)28-37(45(61)51-36(44(50)60)29-34-22-16-14-17-23-34)52-47(63)43(33(3)56)54-41(58)26-20-12-10-8-6-4-5-7-9-11-13-21-27-42(59)55(66)39(31-40(49)57)46(62)53-38(48(64)65)30-35-24-18-15-19-25-35/h14-19,22-25,32-33,36-39,43,56,66H,4-13,20-21,26-31H2,1-3H3,(H2,49,57)(H2,50,60)(H,51,61)(H,52,63)(H,53,62)(H,54,58)(H,64,65)/t33?,36-,37-,38-,39-,43-/m0/s1. The molecule has 0 fully saturated rings. The molecule has 0 aliphatic rings. The summed E-state index contributed by atoms with van der Waals surface area (Å²) in [4.78, 5) is 101. The van der Waals surface area contributed by atoms with Gasteiger partial charge in [-0.3, -0.25) is 38.8 Å². The van der Waals surface area contributed by atoms with Gasteiger partial charge in [0.1, 0.15) is 30.2 Å². The largest absolute Gasteiger partial charge is 0.480 e. The molecule has 0 heterocycles. The van der Waals surface area contributed by atoms with Gasteiger partial charge < -0.3 is 42.9 Å². The van der Waals surface area contributed by atoms with E-state index in [4.69, 9.17) is 11.5 Å². The predicted octanol–water partition coefficient (Wildman–Crippen LogP) is 3.33. The summed E-state index contributed by atoms with van der Waals surface area (Å²) in [6, 6.07) is 11.3. The topological polar surface area (TPSA) is 301 Å². The summed E-state index contributed by atoms with van der Waals surface area (Å²) in [6.07, 6.45) is 9.02. The number of hydrogen-bond acceptors (Lipinski definition) is 10. The lowest BCUT2D eigenvalue weighted by Crippen LogP contribution is -2.59. The molecule has 0 aromatic heterocycles. The molecular weight excluding hydrogens is 851 g/mol. The number of carbonyl (C=O) groups is 8. The van der Waals surface area contributed by atoms with Crippen molar-refractivity contribution in [3.8, 4) is 0 Å². The van der Waals surface area contributed by atoms with Crippen LogP contribution < -0.4 is 32.7 Å². The minimum atomic E-state index is -1.67. The van der Waals surface area contributed by atoms with E-state index >= 15 is 0 Å². The number of amides is 7. The molecule has 366 valence electrons. The number of carboxylic acid groups (broad SMARTS) is 1. The van der Waals surface area contributed by atoms with Crippen LogP contribution in [0.15, 0.2) is 60.7 Å². The molecule has 2 rings (SSSR count). The Bertz CT molecular complexity index is 1830. The molecule has 66 heavy (non-hydrogen) atoms. The van der Waals surface area contributed by atoms with Crippen LogP contribution in [0.4, 0.5) is 0 Å². The zero-order valence-corrected chi connectivity index (χ0v) is 38.8. The van der Waals surface area contributed by atoms with Crippen LogP contribution in [0.1, 0.15) is 135 Å². The Kier molecular flexibility index (Phi) is 26.5. The minimum absolute atomic E-state index is 0.0109. The third-order valence-corrected chi connectivity index (χ3v) is 11.1. The Hall–Kier alpha value is -5.88. The second kappa shape index (κ2) is 31.1. The Morgan fingerprint density at radius 3 is 1.45 bits per heavy atom. The maximum Gasteiger partial charge on any atom is 0.326 e. The number of aliphatic hydroxyl groups is 1. The Balaban J connectivity index is 1.64. The lowest BCUT2D eigenvalue weighted by Gasteiger charge is -2.26. The van der Waals surface area contributed by atoms with Gasteiger partial charge in [0, 0.05) is 25.7 Å². The average molecular weight is 924 g/mol. The van der Waals surface area contributed by atoms with Gasteiger partial charge in [0.25, 0.3) is 0 Å². The van der Waals surface area contributed by atoms with Crippen LogP contribution in [0.3, 0.4) is 0 Å². The molecule has 11 N–H and O–H groups in total. The molecule has 18 nitrogen and oxygen atoms in total. The van der Waals surface area contributed by atoms with Crippen LogP contribution in [0.25, 0.3) is 0 Å². The molecule has 0 aliphatic heterocycles. The molecule has 2 aromatic rings. The monoisotopic (exact) mass is 924 g/mol. The summed E-state index contributed by atoms with van der Waals surface area (Å²) in [5, 5.41) is 41.0. The highest BCUT2D eigenvalue weighted by Crippen LogP contribution is 2.15. The first-order valence-electron chi connectivity index (χ1n) is 23.2. The minimum Gasteiger partial charge on any atom is -0.480 e. The molecule has 1 unspecified atom stereocenters. The van der Waals surface area contributed by atoms with Gasteiger partial charge in [-0.1, -0.05) is 139 Å². The number of nitrogens with two attached hydrogens (primary N) is 2. The number of nitrogens with one attached hydrogen (secondary N) is 4. The molecule has 0 spiro atoms. The summed E-state index contributed by atoms with van der Waals surface area (Å²) in [7, 11) is 0. The second-order valence-corrected chi connectivity index (χ2v) is 17.4. The number of carboxylic acids is 1. The SMILES string of the molecule is CC(C)C[C@H](NC(=O)[C@@H](NC(=O)CCCCCCCCCCCCCCC(=O)N(O)[C@@H](CC(N)=O)C(=O)N[C@@H](Cc1ccccc1)C(=O)O)C(C)O)C(=O)N[C@@H](Cc1ccccc1)C(N)=O. The normalized spacial score (nSPS) is 13.8. The number of hydroxylamine groups is 2. The molecule has 6 atom stereocenters. The average Bonchev–Trinajstić information content (AvgIpc) is 3.26. The van der Waals surface area contributed by atoms with Gasteiger partial charge in [-0.25, -0.2) is 9.86 Å². The number of carbonyl (C=O) groups excluding carboxylic acids is 7. The third kappa shape index (κ3) is 22.8. The van der Waals surface area contributed by atoms with Crippen LogP contribution in [-0.2, 0) is 51.2 Å². The molecule has 0 radical (unpaired) electrons. The van der Waals surface area contributed by atoms with Crippen LogP contribution in [0, 0.1) is 5.92 Å². The maximum atomic E-state index is 13.3. The van der Waals surface area contributed by atoms with Crippen molar-refractivity contribution >= 4 is 47.3 Å². The van der Waals surface area contributed by atoms with Crippen molar-refractivity contribution in [1.82, 2.24) is 26.3 Å². The van der Waals surface area contributed by atoms with Crippen molar-refractivity contribution < 1.29 is 53.8 Å². The number of benzene rings is 2. The van der Waals surface area contributed by atoms with E-state index in [1.807, 2.05) is 44.2 Å². The smallest absolute Gasteiger partial charge is 0.326 e. The van der Waals surface area contributed by atoms with E-state index in [-0.39, 0.29) is 43.1 Å². The van der Waals surface area contributed by atoms with Gasteiger partial charge in [0.15, 0.2) is 0 Å². The predicted molar refractivity (Wildman–Crippen MR) is 247 cm³/mol. The van der Waals surface area contributed by atoms with Gasteiger partial charge in [0.05, 0.1) is 12.5 Å². The highest BCUT2D eigenvalue weighted by molar-refractivity contribution is 5.95. The van der Waals surface area contributed by atoms with Gasteiger partial charge in [-0.15, -0.1) is 0 Å². The van der Waals surface area contributed by atoms with Crippen molar-refractivity contribution in [2.75, 3.05) is 0 Å². The zero-order chi connectivity index (χ0) is 49.0. The molecule has 0 saturated heterocycles. The van der Waals surface area contributed by atoms with Gasteiger partial charge >= 0.3 is 5.97 Å². The lowest BCUT2D eigenvalue weighted by atomic mass is 10.0. The Morgan fingerprint density at radius 2 is 1.02 bits per heavy atom. The first-order valence-corrected chi connectivity index (χ1v) is 23.2. The van der Waals surface area contributed by atoms with Crippen molar-refractivity contribution in [3.63, 3.8) is 0 Å². The van der Waals surface area contributed by atoms with Crippen molar-refractivity contribution in [1.29, 1.82) is 0 Å². The van der Waals surface area contributed by atoms with Crippen LogP contribution in [0.5, 0.6) is 0 Å². The van der Waals surface area contributed by atoms with Gasteiger partial charge in [-0.05, 0) is 43.2 Å². The van der Waals surface area contributed by atoms with E-state index in [1.54, 1.807) is 30.3 Å². The number of aliphatic carboxylic acids is 1. The zero-order valence-electron chi connectivity index (χ0n) is 38.8. The quantitative estimate of drug-likeness (QED) is 0.0279. The highest BCUT2D eigenvalue weighted by atomic mass is 16.5. The molecule has 18 heteroatoms. The van der Waals surface area contributed by atoms with Gasteiger partial charge in [0.2, 0.25) is 41.4 Å². The van der Waals surface area contributed by atoms with E-state index in [1.165, 1.54) is 6.92 Å². The summed E-state index contributed by atoms with van der Waals surface area (Å²) >= 11 is 0. The maximum absolute atomic E-state index is 13.3. The Morgan fingerprint density at radius 1 is 0.576 bits per heavy atom. The third-order valence-electron chi connectivity index (χ3n) is 11.1. The number of nitrogens with zero attached hydrogens (tertiary/aromatic N) is 1. The van der Waals surface area contributed by atoms with E-state index in [0.29, 0.717) is 24.8 Å². The van der Waals surface area contributed by atoms with E-state index < -0.39 is 90.1 Å². The summed E-state index contributed by atoms with van der Waals surface area (Å²) < 4.78 is 0. The number of aliphatic hydroxyl groups excluding tert-OH is 1. The van der Waals surface area contributed by atoms with E-state index in [9.17, 15) is 53.8 Å².